The third-order valence-corrected chi connectivity index (χ3v) is 3.86. The largest absolute Gasteiger partial charge is 0.348 e. The lowest BCUT2D eigenvalue weighted by Crippen LogP contribution is -2.26. The summed E-state index contributed by atoms with van der Waals surface area (Å²) in [6.45, 7) is 6.56. The van der Waals surface area contributed by atoms with Crippen LogP contribution in [0.15, 0.2) is 30.7 Å². The zero-order chi connectivity index (χ0) is 16.3. The summed E-state index contributed by atoms with van der Waals surface area (Å²) in [5, 5.41) is 3.63. The maximum absolute atomic E-state index is 12.2. The molecule has 0 radical (unpaired) electrons. The Morgan fingerprint density at radius 2 is 1.95 bits per heavy atom. The number of carbonyl (C=O) groups excluding carboxylic acids is 1. The van der Waals surface area contributed by atoms with Crippen LogP contribution in [0.5, 0.6) is 0 Å². The molecule has 0 fully saturated rings. The van der Waals surface area contributed by atoms with E-state index in [0.717, 1.165) is 11.3 Å². The van der Waals surface area contributed by atoms with E-state index in [9.17, 15) is 4.79 Å². The van der Waals surface area contributed by atoms with E-state index < -0.39 is 0 Å². The van der Waals surface area contributed by atoms with Gasteiger partial charge in [-0.05, 0) is 18.2 Å². The number of nitrogens with one attached hydrogen (secondary N) is 1. The lowest BCUT2D eigenvalue weighted by Gasteiger charge is -2.21. The molecule has 1 N–H and O–H groups in total. The Hall–Kier alpha value is -1.65. The minimum Gasteiger partial charge on any atom is -0.348 e. The van der Waals surface area contributed by atoms with Crippen molar-refractivity contribution in [1.82, 2.24) is 15.3 Å². The molecule has 1 aromatic heterocycles. The van der Waals surface area contributed by atoms with Gasteiger partial charge in [-0.15, -0.1) is 0 Å². The minimum atomic E-state index is -0.220. The van der Waals surface area contributed by atoms with E-state index >= 15 is 0 Å². The number of hydrogen-bond donors (Lipinski definition) is 1. The van der Waals surface area contributed by atoms with Crippen molar-refractivity contribution in [2.45, 2.75) is 32.7 Å². The van der Waals surface area contributed by atoms with Gasteiger partial charge in [0.15, 0.2) is 0 Å². The second kappa shape index (κ2) is 6.63. The molecule has 0 saturated carbocycles. The molecular weight excluding hydrogens is 321 g/mol. The minimum absolute atomic E-state index is 0.118. The average molecular weight is 338 g/mol. The third kappa shape index (κ3) is 3.96. The molecule has 0 spiro atoms. The monoisotopic (exact) mass is 337 g/mol. The van der Waals surface area contributed by atoms with Crippen molar-refractivity contribution in [3.05, 3.63) is 57.6 Å². The number of carbonyl (C=O) groups is 1. The van der Waals surface area contributed by atoms with Crippen molar-refractivity contribution < 1.29 is 4.79 Å². The Labute approximate surface area is 139 Å². The molecule has 0 atom stereocenters. The molecule has 0 saturated heterocycles. The van der Waals surface area contributed by atoms with Crippen molar-refractivity contribution in [2.75, 3.05) is 0 Å². The van der Waals surface area contributed by atoms with E-state index in [-0.39, 0.29) is 11.3 Å². The summed E-state index contributed by atoms with van der Waals surface area (Å²) >= 11 is 11.8. The molecule has 4 nitrogen and oxygen atoms in total. The summed E-state index contributed by atoms with van der Waals surface area (Å²) in [7, 11) is 0. The lowest BCUT2D eigenvalue weighted by atomic mass is 9.89. The molecule has 1 amide bonds. The van der Waals surface area contributed by atoms with Crippen LogP contribution in [0, 0.1) is 0 Å². The van der Waals surface area contributed by atoms with Gasteiger partial charge in [0.1, 0.15) is 6.33 Å². The van der Waals surface area contributed by atoms with Gasteiger partial charge in [0.25, 0.3) is 5.91 Å². The maximum Gasteiger partial charge on any atom is 0.251 e. The van der Waals surface area contributed by atoms with Crippen LogP contribution in [0.2, 0.25) is 10.0 Å². The SMILES string of the molecule is CC(C)(C)c1ncncc1CNC(=O)c1ccc(Cl)c(Cl)c1. The summed E-state index contributed by atoms with van der Waals surface area (Å²) in [6.07, 6.45) is 3.24. The Morgan fingerprint density at radius 1 is 1.23 bits per heavy atom. The van der Waals surface area contributed by atoms with Gasteiger partial charge in [0, 0.05) is 29.3 Å². The van der Waals surface area contributed by atoms with E-state index in [1.165, 1.54) is 6.33 Å². The molecule has 0 unspecified atom stereocenters. The van der Waals surface area contributed by atoms with Gasteiger partial charge < -0.3 is 5.32 Å². The van der Waals surface area contributed by atoms with Crippen LogP contribution < -0.4 is 5.32 Å². The fourth-order valence-corrected chi connectivity index (χ4v) is 2.38. The fraction of sp³-hybridized carbons (Fsp3) is 0.312. The molecule has 0 aliphatic heterocycles. The Bertz CT molecular complexity index is 696. The summed E-state index contributed by atoms with van der Waals surface area (Å²) in [5.74, 6) is -0.220. The average Bonchev–Trinajstić information content (AvgIpc) is 2.47. The second-order valence-corrected chi connectivity index (χ2v) is 6.77. The van der Waals surface area contributed by atoms with Crippen LogP contribution in [0.25, 0.3) is 0 Å². The number of halogens is 2. The zero-order valence-corrected chi connectivity index (χ0v) is 14.2. The van der Waals surface area contributed by atoms with Gasteiger partial charge in [-0.25, -0.2) is 9.97 Å². The maximum atomic E-state index is 12.2. The lowest BCUT2D eigenvalue weighted by molar-refractivity contribution is 0.0950. The van der Waals surface area contributed by atoms with Gasteiger partial charge in [-0.2, -0.15) is 0 Å². The summed E-state index contributed by atoms with van der Waals surface area (Å²) in [5.41, 5.74) is 2.15. The predicted octanol–water partition coefficient (Wildman–Crippen LogP) is 4.01. The van der Waals surface area contributed by atoms with Gasteiger partial charge in [-0.1, -0.05) is 44.0 Å². The van der Waals surface area contributed by atoms with Crippen molar-refractivity contribution in [3.63, 3.8) is 0 Å². The molecule has 1 aromatic carbocycles. The van der Waals surface area contributed by atoms with E-state index in [0.29, 0.717) is 22.2 Å². The Balaban J connectivity index is 2.13. The fourth-order valence-electron chi connectivity index (χ4n) is 2.08. The zero-order valence-electron chi connectivity index (χ0n) is 12.7. The highest BCUT2D eigenvalue weighted by molar-refractivity contribution is 6.42. The van der Waals surface area contributed by atoms with Crippen LogP contribution in [-0.2, 0) is 12.0 Å². The molecule has 0 aliphatic rings. The van der Waals surface area contributed by atoms with Crippen LogP contribution in [0.3, 0.4) is 0 Å². The van der Waals surface area contributed by atoms with Crippen LogP contribution in [0.1, 0.15) is 42.4 Å². The van der Waals surface area contributed by atoms with E-state index in [1.54, 1.807) is 24.4 Å². The van der Waals surface area contributed by atoms with Crippen molar-refractivity contribution in [1.29, 1.82) is 0 Å². The summed E-state index contributed by atoms with van der Waals surface area (Å²) < 4.78 is 0. The first-order chi connectivity index (χ1) is 10.3. The van der Waals surface area contributed by atoms with Crippen LogP contribution in [-0.4, -0.2) is 15.9 Å². The van der Waals surface area contributed by atoms with Crippen molar-refractivity contribution >= 4 is 29.1 Å². The van der Waals surface area contributed by atoms with Gasteiger partial charge in [0.05, 0.1) is 15.7 Å². The second-order valence-electron chi connectivity index (χ2n) is 5.96. The number of amides is 1. The van der Waals surface area contributed by atoms with E-state index in [4.69, 9.17) is 23.2 Å². The predicted molar refractivity (Wildman–Crippen MR) is 88.4 cm³/mol. The Kier molecular flexibility index (Phi) is 5.04. The van der Waals surface area contributed by atoms with Crippen LogP contribution in [0.4, 0.5) is 0 Å². The molecule has 0 aliphatic carbocycles. The molecule has 1 heterocycles. The number of nitrogens with zero attached hydrogens (tertiary/aromatic N) is 2. The molecule has 22 heavy (non-hydrogen) atoms. The number of rotatable bonds is 3. The van der Waals surface area contributed by atoms with E-state index in [1.807, 2.05) is 0 Å². The molecular formula is C16H17Cl2N3O. The number of aromatic nitrogens is 2. The standard InChI is InChI=1S/C16H17Cl2N3O/c1-16(2,3)14-11(7-19-9-21-14)8-20-15(22)10-4-5-12(17)13(18)6-10/h4-7,9H,8H2,1-3H3,(H,20,22). The first kappa shape index (κ1) is 16.7. The molecule has 116 valence electrons. The number of benzene rings is 1. The molecule has 2 rings (SSSR count). The van der Waals surface area contributed by atoms with Gasteiger partial charge in [0.2, 0.25) is 0 Å². The normalized spacial score (nSPS) is 11.3. The topological polar surface area (TPSA) is 54.9 Å². The number of hydrogen-bond acceptors (Lipinski definition) is 3. The first-order valence-electron chi connectivity index (χ1n) is 6.81. The highest BCUT2D eigenvalue weighted by Crippen LogP contribution is 2.24. The van der Waals surface area contributed by atoms with E-state index in [2.05, 4.69) is 36.1 Å². The van der Waals surface area contributed by atoms with Crippen LogP contribution >= 0.6 is 23.2 Å². The quantitative estimate of drug-likeness (QED) is 0.920. The summed E-state index contributed by atoms with van der Waals surface area (Å²) in [6, 6.07) is 4.78. The highest BCUT2D eigenvalue weighted by Gasteiger charge is 2.20. The van der Waals surface area contributed by atoms with Crippen molar-refractivity contribution in [2.24, 2.45) is 0 Å². The summed E-state index contributed by atoms with van der Waals surface area (Å²) in [4.78, 5) is 20.5. The molecule has 0 bridgehead atoms. The molecule has 2 aromatic rings. The smallest absolute Gasteiger partial charge is 0.251 e. The Morgan fingerprint density at radius 3 is 2.59 bits per heavy atom. The third-order valence-electron chi connectivity index (χ3n) is 3.12. The first-order valence-corrected chi connectivity index (χ1v) is 7.57. The molecule has 6 heteroatoms. The van der Waals surface area contributed by atoms with Gasteiger partial charge >= 0.3 is 0 Å². The van der Waals surface area contributed by atoms with Gasteiger partial charge in [-0.3, -0.25) is 4.79 Å². The highest BCUT2D eigenvalue weighted by atomic mass is 35.5. The van der Waals surface area contributed by atoms with Crippen molar-refractivity contribution in [3.8, 4) is 0 Å².